The van der Waals surface area contributed by atoms with Gasteiger partial charge in [0, 0.05) is 43.8 Å². The van der Waals surface area contributed by atoms with Crippen molar-refractivity contribution < 1.29 is 38.8 Å². The summed E-state index contributed by atoms with van der Waals surface area (Å²) in [5, 5.41) is 29.8. The van der Waals surface area contributed by atoms with Gasteiger partial charge in [0.15, 0.2) is 11.6 Å². The third-order valence-electron chi connectivity index (χ3n) is 12.1. The zero-order valence-electron chi connectivity index (χ0n) is 35.1. The number of nitrogens with one attached hydrogen (secondary N) is 2. The molecular formula is C43H73N5O8. The number of aliphatic hydroxyl groups is 2. The van der Waals surface area contributed by atoms with E-state index in [0.29, 0.717) is 24.9 Å². The fourth-order valence-corrected chi connectivity index (χ4v) is 8.02. The summed E-state index contributed by atoms with van der Waals surface area (Å²) in [6, 6.07) is 0. The molecule has 318 valence electrons. The predicted octanol–water partition coefficient (Wildman–Crippen LogP) is 7.39. The molecule has 0 radical (unpaired) electrons. The van der Waals surface area contributed by atoms with Crippen LogP contribution in [0.25, 0.3) is 10.4 Å². The van der Waals surface area contributed by atoms with Gasteiger partial charge in [0.05, 0.1) is 49.0 Å². The summed E-state index contributed by atoms with van der Waals surface area (Å²) < 4.78 is 19.6. The largest absolute Gasteiger partial charge is 0.390 e. The van der Waals surface area contributed by atoms with E-state index in [4.69, 9.17) is 19.7 Å². The molecule has 13 heteroatoms. The molecule has 3 aliphatic rings. The van der Waals surface area contributed by atoms with Crippen LogP contribution in [0.15, 0.2) is 28.9 Å². The van der Waals surface area contributed by atoms with E-state index < -0.39 is 23.9 Å². The van der Waals surface area contributed by atoms with Crippen molar-refractivity contribution in [1.29, 1.82) is 0 Å². The molecule has 0 saturated carbocycles. The normalized spacial score (nSPS) is 29.2. The van der Waals surface area contributed by atoms with Gasteiger partial charge in [0.25, 0.3) is 0 Å². The number of amides is 2. The standard InChI is InChI=1S/C43H73N5O8/c1-29(25-32(4)34(6)49)16-18-36-14-11-21-43(55-36)22-20-31(3)39(56-43)15-12-23-45-42(53)33(5)38(51)28-46-41(52)27-40-30(2)17-19-37(54-40)26-35(50)13-9-7-8-10-24-47-48-44/h9,13,25,29-31,33-34,36-40,49,51H,7-8,10-12,14-24,26-28H2,1-6H3,(H,45,53)(H,46,52)/b13-9+,32-25+/t29-,30?,31?,33-,34-,36-,37-,38-,39+,40?,43-/m0/s1. The van der Waals surface area contributed by atoms with Crippen LogP contribution in [0.5, 0.6) is 0 Å². The third kappa shape index (κ3) is 17.0. The number of azide groups is 1. The Kier molecular flexibility index (Phi) is 21.1. The van der Waals surface area contributed by atoms with Crippen LogP contribution in [0.1, 0.15) is 144 Å². The van der Waals surface area contributed by atoms with Gasteiger partial charge in [-0.1, -0.05) is 45.0 Å². The summed E-state index contributed by atoms with van der Waals surface area (Å²) in [4.78, 5) is 41.0. The summed E-state index contributed by atoms with van der Waals surface area (Å²) in [5.74, 6) is -0.837. The van der Waals surface area contributed by atoms with Gasteiger partial charge in [0.1, 0.15) is 0 Å². The molecule has 4 N–H and O–H groups in total. The number of rotatable bonds is 23. The maximum atomic E-state index is 12.9. The molecule has 3 unspecified atom stereocenters. The topological polar surface area (TPSA) is 192 Å². The average molecular weight is 788 g/mol. The molecule has 0 aromatic carbocycles. The number of ether oxygens (including phenoxy) is 3. The van der Waals surface area contributed by atoms with Gasteiger partial charge in [-0.3, -0.25) is 14.4 Å². The number of aliphatic hydroxyl groups excluding tert-OH is 2. The Hall–Kier alpha value is -2.80. The molecule has 1 spiro atoms. The number of allylic oxidation sites excluding steroid dienone is 3. The Morgan fingerprint density at radius 2 is 1.70 bits per heavy atom. The van der Waals surface area contributed by atoms with E-state index >= 15 is 0 Å². The molecule has 3 heterocycles. The van der Waals surface area contributed by atoms with Crippen molar-refractivity contribution in [3.63, 3.8) is 0 Å². The number of hydrogen-bond acceptors (Lipinski definition) is 9. The van der Waals surface area contributed by atoms with Crippen LogP contribution in [0.4, 0.5) is 0 Å². The van der Waals surface area contributed by atoms with E-state index in [9.17, 15) is 24.6 Å². The summed E-state index contributed by atoms with van der Waals surface area (Å²) >= 11 is 0. The van der Waals surface area contributed by atoms with Gasteiger partial charge in [-0.15, -0.1) is 0 Å². The second-order valence-electron chi connectivity index (χ2n) is 17.0. The molecule has 3 rings (SSSR count). The van der Waals surface area contributed by atoms with E-state index in [1.165, 1.54) is 0 Å². The van der Waals surface area contributed by atoms with Gasteiger partial charge in [-0.2, -0.15) is 0 Å². The van der Waals surface area contributed by atoms with Gasteiger partial charge in [0.2, 0.25) is 11.8 Å². The quantitative estimate of drug-likeness (QED) is 0.0206. The Labute approximate surface area is 335 Å². The minimum atomic E-state index is -1.04. The Morgan fingerprint density at radius 1 is 0.929 bits per heavy atom. The van der Waals surface area contributed by atoms with Crippen molar-refractivity contribution >= 4 is 17.6 Å². The van der Waals surface area contributed by atoms with Gasteiger partial charge in [-0.25, -0.2) is 0 Å². The summed E-state index contributed by atoms with van der Waals surface area (Å²) in [6.07, 6.45) is 16.6. The Bertz CT molecular complexity index is 1330. The summed E-state index contributed by atoms with van der Waals surface area (Å²) in [5.41, 5.74) is 9.34. The van der Waals surface area contributed by atoms with Crippen LogP contribution in [0.2, 0.25) is 0 Å². The molecule has 3 fully saturated rings. The highest BCUT2D eigenvalue weighted by atomic mass is 16.7. The number of hydrogen-bond donors (Lipinski definition) is 4. The maximum Gasteiger partial charge on any atom is 0.225 e. The summed E-state index contributed by atoms with van der Waals surface area (Å²) in [6.45, 7) is 12.8. The lowest BCUT2D eigenvalue weighted by molar-refractivity contribution is -0.324. The monoisotopic (exact) mass is 788 g/mol. The molecule has 13 nitrogen and oxygen atoms in total. The number of carbonyl (C=O) groups is 3. The molecule has 0 aromatic heterocycles. The smallest absolute Gasteiger partial charge is 0.225 e. The van der Waals surface area contributed by atoms with Gasteiger partial charge in [-0.05, 0) is 126 Å². The van der Waals surface area contributed by atoms with Crippen LogP contribution >= 0.6 is 0 Å². The molecule has 56 heavy (non-hydrogen) atoms. The highest BCUT2D eigenvalue weighted by Crippen LogP contribution is 2.43. The van der Waals surface area contributed by atoms with Crippen LogP contribution < -0.4 is 10.6 Å². The van der Waals surface area contributed by atoms with Crippen LogP contribution in [-0.2, 0) is 28.6 Å². The van der Waals surface area contributed by atoms with Gasteiger partial charge >= 0.3 is 0 Å². The average Bonchev–Trinajstić information content (AvgIpc) is 3.16. The van der Waals surface area contributed by atoms with E-state index in [2.05, 4.69) is 40.6 Å². The molecule has 0 aliphatic carbocycles. The minimum absolute atomic E-state index is 0.0123. The highest BCUT2D eigenvalue weighted by molar-refractivity contribution is 5.90. The van der Waals surface area contributed by atoms with E-state index in [1.54, 1.807) is 19.9 Å². The van der Waals surface area contributed by atoms with E-state index in [1.807, 2.05) is 19.9 Å². The maximum absolute atomic E-state index is 12.9. The third-order valence-corrected chi connectivity index (χ3v) is 12.1. The predicted molar refractivity (Wildman–Crippen MR) is 217 cm³/mol. The van der Waals surface area contributed by atoms with Crippen molar-refractivity contribution in [3.8, 4) is 0 Å². The van der Waals surface area contributed by atoms with Crippen LogP contribution in [0, 0.1) is 23.7 Å². The SMILES string of the molecule is C/C(=C\[C@@H](C)CC[C@@H]1CCC[C@]2(CCC(C)[C@@H](CCCNC(=O)[C@@H](C)[C@@H](O)CNC(=O)CC3O[C@H](CC(=O)/C=C/CCCCN=[N+]=[N-])CCC3C)O2)O1)[C@H](C)O. The summed E-state index contributed by atoms with van der Waals surface area (Å²) in [7, 11) is 0. The Morgan fingerprint density at radius 3 is 2.45 bits per heavy atom. The number of unbranched alkanes of at least 4 members (excludes halogenated alkanes) is 2. The number of nitrogens with zero attached hydrogens (tertiary/aromatic N) is 3. The van der Waals surface area contributed by atoms with Crippen molar-refractivity contribution in [3.05, 3.63) is 34.2 Å². The van der Waals surface area contributed by atoms with Crippen molar-refractivity contribution in [1.82, 2.24) is 10.6 Å². The molecule has 3 saturated heterocycles. The lowest BCUT2D eigenvalue weighted by atomic mass is 9.85. The molecule has 2 amide bonds. The fourth-order valence-electron chi connectivity index (χ4n) is 8.02. The van der Waals surface area contributed by atoms with Crippen LogP contribution in [0.3, 0.4) is 0 Å². The van der Waals surface area contributed by atoms with Gasteiger partial charge < -0.3 is 35.1 Å². The van der Waals surface area contributed by atoms with Crippen molar-refractivity contribution in [2.75, 3.05) is 19.6 Å². The second kappa shape index (κ2) is 24.9. The fraction of sp³-hybridized carbons (Fsp3) is 0.837. The molecule has 11 atom stereocenters. The van der Waals surface area contributed by atoms with E-state index in [-0.39, 0.29) is 67.3 Å². The molecular weight excluding hydrogens is 714 g/mol. The highest BCUT2D eigenvalue weighted by Gasteiger charge is 2.44. The Balaban J connectivity index is 1.33. The lowest BCUT2D eigenvalue weighted by Crippen LogP contribution is -2.50. The number of carbonyl (C=O) groups excluding carboxylic acids is 3. The van der Waals surface area contributed by atoms with Crippen molar-refractivity contribution in [2.24, 2.45) is 28.8 Å². The lowest BCUT2D eigenvalue weighted by Gasteiger charge is -2.48. The molecule has 3 aliphatic heterocycles. The minimum Gasteiger partial charge on any atom is -0.390 e. The number of ketones is 1. The first-order valence-corrected chi connectivity index (χ1v) is 21.5. The van der Waals surface area contributed by atoms with E-state index in [0.717, 1.165) is 95.5 Å². The first-order chi connectivity index (χ1) is 26.7. The zero-order valence-corrected chi connectivity index (χ0v) is 35.1. The first kappa shape index (κ1) is 47.6. The second-order valence-corrected chi connectivity index (χ2v) is 17.0. The molecule has 0 bridgehead atoms. The van der Waals surface area contributed by atoms with Crippen molar-refractivity contribution in [2.45, 2.75) is 187 Å². The molecule has 0 aromatic rings. The first-order valence-electron chi connectivity index (χ1n) is 21.5. The zero-order chi connectivity index (χ0) is 41.1. The van der Waals surface area contributed by atoms with Crippen LogP contribution in [-0.4, -0.2) is 89.9 Å².